The Kier molecular flexibility index (Phi) is 5.12. The highest BCUT2D eigenvalue weighted by molar-refractivity contribution is 6.04. The molecule has 0 aromatic heterocycles. The van der Waals surface area contributed by atoms with Crippen molar-refractivity contribution in [3.05, 3.63) is 83.9 Å². The number of nitrogens with zero attached hydrogens (tertiary/aromatic N) is 1. The number of carbonyl (C=O) groups excluding carboxylic acids is 1. The summed E-state index contributed by atoms with van der Waals surface area (Å²) in [6.45, 7) is 2.53. The van der Waals surface area contributed by atoms with Gasteiger partial charge in [-0.25, -0.2) is 5.43 Å². The molecule has 5 heteroatoms. The fourth-order valence-corrected chi connectivity index (χ4v) is 3.32. The number of hydrogen-bond acceptors (Lipinski definition) is 4. The van der Waals surface area contributed by atoms with Crippen LogP contribution >= 0.6 is 0 Å². The number of amides is 1. The zero-order valence-electron chi connectivity index (χ0n) is 15.9. The highest BCUT2D eigenvalue weighted by Gasteiger charge is 2.12. The molecule has 0 atom stereocenters. The van der Waals surface area contributed by atoms with Crippen LogP contribution in [-0.2, 0) is 0 Å². The molecule has 1 amide bonds. The average Bonchev–Trinajstić information content (AvgIpc) is 2.74. The van der Waals surface area contributed by atoms with Crippen LogP contribution in [0, 0.1) is 0 Å². The molecule has 5 nitrogen and oxygen atoms in total. The van der Waals surface area contributed by atoms with Gasteiger partial charge in [-0.1, -0.05) is 48.5 Å². The quantitative estimate of drug-likeness (QED) is 0.381. The van der Waals surface area contributed by atoms with Gasteiger partial charge in [-0.2, -0.15) is 5.10 Å². The first kappa shape index (κ1) is 18.5. The first-order valence-electron chi connectivity index (χ1n) is 9.37. The maximum atomic E-state index is 12.5. The van der Waals surface area contributed by atoms with Crippen LogP contribution in [0.15, 0.2) is 77.9 Å². The predicted octanol–water partition coefficient (Wildman–Crippen LogP) is 4.86. The molecular weight excluding hydrogens is 364 g/mol. The highest BCUT2D eigenvalue weighted by Crippen LogP contribution is 2.28. The highest BCUT2D eigenvalue weighted by atomic mass is 16.5. The molecule has 0 radical (unpaired) electrons. The van der Waals surface area contributed by atoms with Crippen molar-refractivity contribution in [2.75, 3.05) is 6.61 Å². The Morgan fingerprint density at radius 2 is 1.69 bits per heavy atom. The zero-order chi connectivity index (χ0) is 20.2. The lowest BCUT2D eigenvalue weighted by molar-refractivity contribution is 0.0952. The second-order valence-electron chi connectivity index (χ2n) is 6.55. The van der Waals surface area contributed by atoms with Crippen molar-refractivity contribution in [2.24, 2.45) is 5.10 Å². The molecule has 2 N–H and O–H groups in total. The number of nitrogens with one attached hydrogen (secondary N) is 1. The molecule has 0 aliphatic rings. The predicted molar refractivity (Wildman–Crippen MR) is 116 cm³/mol. The Balaban J connectivity index is 1.59. The van der Waals surface area contributed by atoms with Gasteiger partial charge in [-0.3, -0.25) is 4.79 Å². The second-order valence-corrected chi connectivity index (χ2v) is 6.55. The maximum absolute atomic E-state index is 12.5. The monoisotopic (exact) mass is 384 g/mol. The van der Waals surface area contributed by atoms with Crippen molar-refractivity contribution >= 4 is 33.7 Å². The molecule has 0 spiro atoms. The lowest BCUT2D eigenvalue weighted by Crippen LogP contribution is -2.17. The molecule has 0 saturated heterocycles. The van der Waals surface area contributed by atoms with Crippen LogP contribution in [0.3, 0.4) is 0 Å². The van der Waals surface area contributed by atoms with E-state index in [0.29, 0.717) is 6.61 Å². The molecule has 4 aromatic rings. The topological polar surface area (TPSA) is 70.9 Å². The molecular formula is C24H20N2O3. The van der Waals surface area contributed by atoms with Crippen molar-refractivity contribution in [3.63, 3.8) is 0 Å². The van der Waals surface area contributed by atoms with E-state index >= 15 is 0 Å². The van der Waals surface area contributed by atoms with Crippen molar-refractivity contribution in [1.82, 2.24) is 5.43 Å². The summed E-state index contributed by atoms with van der Waals surface area (Å²) in [6.07, 6.45) is 1.59. The number of rotatable bonds is 5. The minimum absolute atomic E-state index is 0.0806. The minimum atomic E-state index is -0.472. The fraction of sp³-hybridized carbons (Fsp3) is 0.0833. The summed E-state index contributed by atoms with van der Waals surface area (Å²) in [5.74, 6) is 0.257. The molecule has 29 heavy (non-hydrogen) atoms. The van der Waals surface area contributed by atoms with Crippen LogP contribution in [0.5, 0.6) is 11.5 Å². The number of hydrogen-bond donors (Lipinski definition) is 2. The molecule has 0 unspecified atom stereocenters. The van der Waals surface area contributed by atoms with E-state index in [4.69, 9.17) is 4.74 Å². The molecule has 0 aliphatic heterocycles. The van der Waals surface area contributed by atoms with Crippen LogP contribution in [0.25, 0.3) is 21.5 Å². The second kappa shape index (κ2) is 8.02. The molecule has 4 aromatic carbocycles. The van der Waals surface area contributed by atoms with E-state index in [2.05, 4.69) is 10.5 Å². The third-order valence-electron chi connectivity index (χ3n) is 4.70. The van der Waals surface area contributed by atoms with Crippen molar-refractivity contribution in [1.29, 1.82) is 0 Å². The number of ether oxygens (including phenoxy) is 1. The lowest BCUT2D eigenvalue weighted by atomic mass is 10.0. The summed E-state index contributed by atoms with van der Waals surface area (Å²) >= 11 is 0. The third kappa shape index (κ3) is 3.75. The SMILES string of the molecule is CCOc1ccc(C=NNC(=O)c2cc3ccccc3cc2O)c2ccccc12. The Morgan fingerprint density at radius 1 is 1.00 bits per heavy atom. The lowest BCUT2D eigenvalue weighted by Gasteiger charge is -2.09. The van der Waals surface area contributed by atoms with E-state index in [-0.39, 0.29) is 11.3 Å². The summed E-state index contributed by atoms with van der Waals surface area (Å²) in [7, 11) is 0. The summed E-state index contributed by atoms with van der Waals surface area (Å²) in [5, 5.41) is 18.0. The number of phenols is 1. The molecule has 0 aliphatic carbocycles. The van der Waals surface area contributed by atoms with Gasteiger partial charge in [0.1, 0.15) is 11.5 Å². The number of hydrazone groups is 1. The van der Waals surface area contributed by atoms with Crippen molar-refractivity contribution in [2.45, 2.75) is 6.92 Å². The van der Waals surface area contributed by atoms with Crippen LogP contribution in [-0.4, -0.2) is 23.8 Å². The Bertz CT molecular complexity index is 1230. The normalized spacial score (nSPS) is 11.2. The van der Waals surface area contributed by atoms with Gasteiger partial charge in [0, 0.05) is 10.9 Å². The summed E-state index contributed by atoms with van der Waals surface area (Å²) in [5.41, 5.74) is 3.53. The maximum Gasteiger partial charge on any atom is 0.275 e. The summed E-state index contributed by atoms with van der Waals surface area (Å²) < 4.78 is 5.68. The largest absolute Gasteiger partial charge is 0.507 e. The van der Waals surface area contributed by atoms with Gasteiger partial charge >= 0.3 is 0 Å². The summed E-state index contributed by atoms with van der Waals surface area (Å²) in [4.78, 5) is 12.5. The Hall–Kier alpha value is -3.86. The standard InChI is InChI=1S/C24H20N2O3/c1-2-29-23-12-11-18(19-9-5-6-10-20(19)23)15-25-26-24(28)21-13-16-7-3-4-8-17(16)14-22(21)27/h3-15,27H,2H2,1H3,(H,26,28). The first-order valence-corrected chi connectivity index (χ1v) is 9.37. The van der Waals surface area contributed by atoms with Crippen LogP contribution in [0.4, 0.5) is 0 Å². The molecule has 0 heterocycles. The number of fused-ring (bicyclic) bond motifs is 2. The van der Waals surface area contributed by atoms with Gasteiger partial charge in [0.25, 0.3) is 5.91 Å². The van der Waals surface area contributed by atoms with Gasteiger partial charge in [-0.05, 0) is 47.3 Å². The molecule has 0 bridgehead atoms. The van der Waals surface area contributed by atoms with E-state index in [0.717, 1.165) is 32.9 Å². The van der Waals surface area contributed by atoms with Crippen LogP contribution in [0.1, 0.15) is 22.8 Å². The van der Waals surface area contributed by atoms with Gasteiger partial charge in [-0.15, -0.1) is 0 Å². The molecule has 0 saturated carbocycles. The molecule has 4 rings (SSSR count). The molecule has 144 valence electrons. The van der Waals surface area contributed by atoms with E-state index in [1.807, 2.05) is 67.6 Å². The number of carbonyl (C=O) groups is 1. The molecule has 0 fully saturated rings. The summed E-state index contributed by atoms with van der Waals surface area (Å²) in [6, 6.07) is 22.4. The zero-order valence-corrected chi connectivity index (χ0v) is 15.9. The third-order valence-corrected chi connectivity index (χ3v) is 4.70. The van der Waals surface area contributed by atoms with E-state index in [1.54, 1.807) is 18.3 Å². The van der Waals surface area contributed by atoms with Gasteiger partial charge < -0.3 is 9.84 Å². The first-order chi connectivity index (χ1) is 14.2. The van der Waals surface area contributed by atoms with E-state index in [9.17, 15) is 9.90 Å². The smallest absolute Gasteiger partial charge is 0.275 e. The van der Waals surface area contributed by atoms with Crippen molar-refractivity contribution < 1.29 is 14.6 Å². The number of phenolic OH excluding ortho intramolecular Hbond substituents is 1. The Labute approximate surface area is 168 Å². The van der Waals surface area contributed by atoms with E-state index < -0.39 is 5.91 Å². The minimum Gasteiger partial charge on any atom is -0.507 e. The van der Waals surface area contributed by atoms with Gasteiger partial charge in [0.05, 0.1) is 18.4 Å². The Morgan fingerprint density at radius 3 is 2.45 bits per heavy atom. The van der Waals surface area contributed by atoms with E-state index in [1.165, 1.54) is 0 Å². The van der Waals surface area contributed by atoms with Gasteiger partial charge in [0.2, 0.25) is 0 Å². The van der Waals surface area contributed by atoms with Crippen molar-refractivity contribution in [3.8, 4) is 11.5 Å². The number of benzene rings is 4. The van der Waals surface area contributed by atoms with Crippen LogP contribution in [0.2, 0.25) is 0 Å². The van der Waals surface area contributed by atoms with Crippen LogP contribution < -0.4 is 10.2 Å². The average molecular weight is 384 g/mol. The number of aromatic hydroxyl groups is 1. The van der Waals surface area contributed by atoms with Gasteiger partial charge in [0.15, 0.2) is 0 Å². The fourth-order valence-electron chi connectivity index (χ4n) is 3.32.